The number of rotatable bonds is 4. The first-order valence-electron chi connectivity index (χ1n) is 10.4. The van der Waals surface area contributed by atoms with Gasteiger partial charge in [-0.25, -0.2) is 4.68 Å². The number of halogens is 3. The van der Waals surface area contributed by atoms with E-state index in [4.69, 9.17) is 4.74 Å². The molecule has 1 fully saturated rings. The highest BCUT2D eigenvalue weighted by atomic mass is 32.2. The molecule has 2 amide bonds. The highest BCUT2D eigenvalue weighted by molar-refractivity contribution is 8.04. The van der Waals surface area contributed by atoms with Gasteiger partial charge in [0.05, 0.1) is 16.7 Å². The Bertz CT molecular complexity index is 928. The third-order valence-electron chi connectivity index (χ3n) is 5.99. The summed E-state index contributed by atoms with van der Waals surface area (Å²) in [6.07, 6.45) is -0.293. The van der Waals surface area contributed by atoms with E-state index in [1.54, 1.807) is 14.0 Å². The number of nitrogens with one attached hydrogen (secondary N) is 2. The average Bonchev–Trinajstić information content (AvgIpc) is 3.25. The number of fused-ring (bicyclic) bond motifs is 2. The van der Waals surface area contributed by atoms with Gasteiger partial charge in [-0.15, -0.1) is 11.8 Å². The average molecular weight is 459 g/mol. The van der Waals surface area contributed by atoms with E-state index in [2.05, 4.69) is 15.7 Å². The second kappa shape index (κ2) is 8.40. The molecule has 0 spiro atoms. The number of amides is 2. The van der Waals surface area contributed by atoms with Crippen molar-refractivity contribution in [3.8, 4) is 5.88 Å². The topological polar surface area (TPSA) is 85.3 Å². The number of ether oxygens (including phenoxy) is 1. The van der Waals surface area contributed by atoms with Crippen LogP contribution in [0.15, 0.2) is 10.6 Å². The first-order valence-corrected chi connectivity index (χ1v) is 11.3. The molecule has 1 aliphatic carbocycles. The lowest BCUT2D eigenvalue weighted by Crippen LogP contribution is -2.32. The summed E-state index contributed by atoms with van der Waals surface area (Å²) in [4.78, 5) is 25.2. The monoisotopic (exact) mass is 458 g/mol. The molecule has 1 saturated carbocycles. The minimum absolute atomic E-state index is 0.00512. The lowest BCUT2D eigenvalue weighted by atomic mass is 9.83. The van der Waals surface area contributed by atoms with Crippen LogP contribution in [0.1, 0.15) is 50.3 Å². The summed E-state index contributed by atoms with van der Waals surface area (Å²) in [5.41, 5.74) is -0.451. The lowest BCUT2D eigenvalue weighted by Gasteiger charge is -2.25. The SMILES string of the molecule is CNC(=O)C1=C(NC(=O)Cn2nc(C(F)(F)F)c3c2OC(C)CC3)SC2CCCCC12. The molecule has 1 aromatic heterocycles. The Morgan fingerprint density at radius 2 is 2.00 bits per heavy atom. The molecule has 0 saturated heterocycles. The van der Waals surface area contributed by atoms with Crippen molar-refractivity contribution in [1.82, 2.24) is 20.4 Å². The number of carbonyl (C=O) groups is 2. The summed E-state index contributed by atoms with van der Waals surface area (Å²) in [5.74, 6) is -0.699. The van der Waals surface area contributed by atoms with Gasteiger partial charge >= 0.3 is 6.18 Å². The van der Waals surface area contributed by atoms with Crippen LogP contribution in [-0.2, 0) is 28.7 Å². The van der Waals surface area contributed by atoms with Crippen LogP contribution in [0.5, 0.6) is 5.88 Å². The number of hydrogen-bond donors (Lipinski definition) is 2. The number of nitrogens with zero attached hydrogens (tertiary/aromatic N) is 2. The first kappa shape index (κ1) is 22.0. The highest BCUT2D eigenvalue weighted by Crippen LogP contribution is 2.48. The fourth-order valence-corrected chi connectivity index (χ4v) is 6.10. The van der Waals surface area contributed by atoms with Gasteiger partial charge in [-0.3, -0.25) is 9.59 Å². The molecule has 2 aliphatic heterocycles. The third kappa shape index (κ3) is 4.28. The second-order valence-corrected chi connectivity index (χ2v) is 9.42. The van der Waals surface area contributed by atoms with E-state index < -0.39 is 24.3 Å². The number of likely N-dealkylation sites (N-methyl/N-ethyl adjacent to an activating group) is 1. The molecule has 2 N–H and O–H groups in total. The number of thioether (sulfide) groups is 1. The summed E-state index contributed by atoms with van der Waals surface area (Å²) in [6.45, 7) is 1.34. The zero-order valence-electron chi connectivity index (χ0n) is 17.3. The van der Waals surface area contributed by atoms with Gasteiger partial charge in [0.2, 0.25) is 17.7 Å². The maximum absolute atomic E-state index is 13.4. The molecule has 170 valence electrons. The molecule has 3 unspecified atom stereocenters. The number of hydrogen-bond acceptors (Lipinski definition) is 5. The summed E-state index contributed by atoms with van der Waals surface area (Å²) in [5, 5.41) is 9.78. The molecule has 0 aromatic carbocycles. The molecule has 11 heteroatoms. The quantitative estimate of drug-likeness (QED) is 0.725. The molecule has 7 nitrogen and oxygen atoms in total. The van der Waals surface area contributed by atoms with Gasteiger partial charge in [-0.1, -0.05) is 12.8 Å². The van der Waals surface area contributed by atoms with Crippen LogP contribution in [-0.4, -0.2) is 40.0 Å². The second-order valence-electron chi connectivity index (χ2n) is 8.17. The standard InChI is InChI=1S/C20H25F3N4O3S/c1-10-7-8-12-16(20(21,22)23)26-27(19(12)30-10)9-14(28)25-18-15(17(29)24-2)11-5-3-4-6-13(11)31-18/h10-11,13H,3-9H2,1-2H3,(H,24,29)(H,25,28). The molecule has 4 rings (SSSR count). The van der Waals surface area contributed by atoms with E-state index in [1.807, 2.05) is 0 Å². The predicted molar refractivity (Wildman–Crippen MR) is 108 cm³/mol. The van der Waals surface area contributed by atoms with Crippen molar-refractivity contribution in [3.05, 3.63) is 21.9 Å². The minimum atomic E-state index is -4.62. The summed E-state index contributed by atoms with van der Waals surface area (Å²) in [7, 11) is 1.54. The first-order chi connectivity index (χ1) is 14.7. The van der Waals surface area contributed by atoms with Gasteiger partial charge in [0.15, 0.2) is 5.69 Å². The van der Waals surface area contributed by atoms with E-state index in [9.17, 15) is 22.8 Å². The molecule has 3 atom stereocenters. The van der Waals surface area contributed by atoms with Gasteiger partial charge in [0.25, 0.3) is 0 Å². The van der Waals surface area contributed by atoms with Crippen LogP contribution in [0.2, 0.25) is 0 Å². The van der Waals surface area contributed by atoms with Crippen molar-refractivity contribution >= 4 is 23.6 Å². The molecular formula is C20H25F3N4O3S. The predicted octanol–water partition coefficient (Wildman–Crippen LogP) is 2.99. The molecule has 1 aromatic rings. The maximum Gasteiger partial charge on any atom is 0.435 e. The highest BCUT2D eigenvalue weighted by Gasteiger charge is 2.42. The van der Waals surface area contributed by atoms with Gasteiger partial charge in [-0.05, 0) is 32.6 Å². The summed E-state index contributed by atoms with van der Waals surface area (Å²) < 4.78 is 46.8. The number of alkyl halides is 3. The van der Waals surface area contributed by atoms with Crippen molar-refractivity contribution in [2.45, 2.75) is 69.5 Å². The Morgan fingerprint density at radius 1 is 1.26 bits per heavy atom. The Hall–Kier alpha value is -2.17. The largest absolute Gasteiger partial charge is 0.475 e. The van der Waals surface area contributed by atoms with E-state index in [-0.39, 0.29) is 41.0 Å². The zero-order chi connectivity index (χ0) is 22.3. The molecule has 0 radical (unpaired) electrons. The Labute approximate surface area is 182 Å². The smallest absolute Gasteiger partial charge is 0.435 e. The van der Waals surface area contributed by atoms with Crippen LogP contribution < -0.4 is 15.4 Å². The lowest BCUT2D eigenvalue weighted by molar-refractivity contribution is -0.142. The van der Waals surface area contributed by atoms with Crippen molar-refractivity contribution in [2.24, 2.45) is 5.92 Å². The van der Waals surface area contributed by atoms with Crippen molar-refractivity contribution < 1.29 is 27.5 Å². The molecule has 0 bridgehead atoms. The maximum atomic E-state index is 13.4. The summed E-state index contributed by atoms with van der Waals surface area (Å²) in [6, 6.07) is 0. The summed E-state index contributed by atoms with van der Waals surface area (Å²) >= 11 is 1.47. The fraction of sp³-hybridized carbons (Fsp3) is 0.650. The Balaban J connectivity index is 1.57. The molecule has 3 aliphatic rings. The normalized spacial score (nSPS) is 25.5. The van der Waals surface area contributed by atoms with Gasteiger partial charge < -0.3 is 15.4 Å². The fourth-order valence-electron chi connectivity index (χ4n) is 4.53. The van der Waals surface area contributed by atoms with Gasteiger partial charge in [0.1, 0.15) is 6.54 Å². The van der Waals surface area contributed by atoms with Crippen LogP contribution in [0.25, 0.3) is 0 Å². The number of carbonyl (C=O) groups excluding carboxylic acids is 2. The zero-order valence-corrected chi connectivity index (χ0v) is 18.2. The van der Waals surface area contributed by atoms with Gasteiger partial charge in [-0.2, -0.15) is 18.3 Å². The van der Waals surface area contributed by atoms with Crippen LogP contribution in [0.3, 0.4) is 0 Å². The van der Waals surface area contributed by atoms with Gasteiger partial charge in [0, 0.05) is 23.8 Å². The molecular weight excluding hydrogens is 433 g/mol. The molecule has 31 heavy (non-hydrogen) atoms. The Kier molecular flexibility index (Phi) is 5.97. The van der Waals surface area contributed by atoms with E-state index in [0.29, 0.717) is 17.0 Å². The molecule has 3 heterocycles. The van der Waals surface area contributed by atoms with Crippen LogP contribution in [0.4, 0.5) is 13.2 Å². The van der Waals surface area contributed by atoms with Crippen LogP contribution in [0, 0.1) is 5.92 Å². The van der Waals surface area contributed by atoms with E-state index >= 15 is 0 Å². The van der Waals surface area contributed by atoms with E-state index in [0.717, 1.165) is 30.4 Å². The Morgan fingerprint density at radius 3 is 2.71 bits per heavy atom. The number of aromatic nitrogens is 2. The van der Waals surface area contributed by atoms with Crippen molar-refractivity contribution in [2.75, 3.05) is 7.05 Å². The van der Waals surface area contributed by atoms with Crippen LogP contribution >= 0.6 is 11.8 Å². The van der Waals surface area contributed by atoms with Crippen molar-refractivity contribution in [1.29, 1.82) is 0 Å². The van der Waals surface area contributed by atoms with E-state index in [1.165, 1.54) is 11.8 Å². The minimum Gasteiger partial charge on any atom is -0.475 e. The third-order valence-corrected chi connectivity index (χ3v) is 7.41. The van der Waals surface area contributed by atoms with Crippen molar-refractivity contribution in [3.63, 3.8) is 0 Å².